The fraction of sp³-hybridized carbons (Fsp3) is 0.0500. The predicted molar refractivity (Wildman–Crippen MR) is 95.1 cm³/mol. The average Bonchev–Trinajstić information content (AvgIpc) is 3.08. The molecular weight excluding hydrogens is 298 g/mol. The van der Waals surface area contributed by atoms with E-state index in [0.717, 1.165) is 45.2 Å². The normalized spacial score (nSPS) is 13.2. The molecule has 0 fully saturated rings. The highest BCUT2D eigenvalue weighted by Crippen LogP contribution is 2.40. The maximum atomic E-state index is 9.50. The van der Waals surface area contributed by atoms with E-state index in [1.807, 2.05) is 24.3 Å². The van der Waals surface area contributed by atoms with Crippen molar-refractivity contribution in [3.05, 3.63) is 72.1 Å². The third-order valence-electron chi connectivity index (χ3n) is 4.50. The summed E-state index contributed by atoms with van der Waals surface area (Å²) in [6.07, 6.45) is 4.36. The molecule has 1 aliphatic heterocycles. The number of aromatic nitrogens is 2. The summed E-state index contributed by atoms with van der Waals surface area (Å²) in [5.41, 5.74) is 6.03. The zero-order valence-corrected chi connectivity index (χ0v) is 12.8. The number of phenols is 1. The van der Waals surface area contributed by atoms with Gasteiger partial charge in [-0.15, -0.1) is 0 Å². The molecule has 0 saturated heterocycles. The molecule has 0 atom stereocenters. The van der Waals surface area contributed by atoms with E-state index in [-0.39, 0.29) is 5.75 Å². The fourth-order valence-corrected chi connectivity index (χ4v) is 3.38. The van der Waals surface area contributed by atoms with Crippen molar-refractivity contribution < 1.29 is 5.11 Å². The zero-order chi connectivity index (χ0) is 16.1. The molecule has 4 nitrogen and oxygen atoms in total. The molecule has 4 aromatic rings. The molecular formula is C20H13N3O. The Morgan fingerprint density at radius 1 is 0.792 bits per heavy atom. The van der Waals surface area contributed by atoms with E-state index in [2.05, 4.69) is 22.1 Å². The SMILES string of the molecule is Oc1ccc(C2=Nc3c(c4cccnc4c4ncccc34)C2)cc1. The Labute approximate surface area is 138 Å². The van der Waals surface area contributed by atoms with Gasteiger partial charge in [-0.25, -0.2) is 0 Å². The monoisotopic (exact) mass is 311 g/mol. The van der Waals surface area contributed by atoms with Crippen LogP contribution in [0.5, 0.6) is 5.75 Å². The smallest absolute Gasteiger partial charge is 0.115 e. The molecule has 3 heterocycles. The lowest BCUT2D eigenvalue weighted by Crippen LogP contribution is -2.00. The Balaban J connectivity index is 1.81. The Kier molecular flexibility index (Phi) is 2.67. The van der Waals surface area contributed by atoms with Crippen LogP contribution < -0.4 is 0 Å². The van der Waals surface area contributed by atoms with E-state index in [1.54, 1.807) is 24.5 Å². The van der Waals surface area contributed by atoms with Gasteiger partial charge in [0, 0.05) is 29.6 Å². The van der Waals surface area contributed by atoms with Crippen LogP contribution >= 0.6 is 0 Å². The number of nitrogens with zero attached hydrogens (tertiary/aromatic N) is 3. The van der Waals surface area contributed by atoms with Crippen LogP contribution in [0.3, 0.4) is 0 Å². The van der Waals surface area contributed by atoms with Gasteiger partial charge in [-0.1, -0.05) is 6.07 Å². The van der Waals surface area contributed by atoms with Gasteiger partial charge in [0.25, 0.3) is 0 Å². The molecule has 5 rings (SSSR count). The van der Waals surface area contributed by atoms with Gasteiger partial charge in [0.1, 0.15) is 5.75 Å². The Bertz CT molecular complexity index is 1130. The summed E-state index contributed by atoms with van der Waals surface area (Å²) >= 11 is 0. The van der Waals surface area contributed by atoms with Crippen molar-refractivity contribution >= 4 is 33.2 Å². The van der Waals surface area contributed by atoms with Crippen LogP contribution in [-0.4, -0.2) is 20.8 Å². The third-order valence-corrected chi connectivity index (χ3v) is 4.50. The molecule has 0 radical (unpaired) electrons. The van der Waals surface area contributed by atoms with Gasteiger partial charge in [0.05, 0.1) is 22.4 Å². The quantitative estimate of drug-likeness (QED) is 0.537. The zero-order valence-electron chi connectivity index (χ0n) is 12.8. The number of benzene rings is 2. The minimum Gasteiger partial charge on any atom is -0.508 e. The van der Waals surface area contributed by atoms with Crippen molar-refractivity contribution in [2.45, 2.75) is 6.42 Å². The third kappa shape index (κ3) is 1.83. The van der Waals surface area contributed by atoms with Crippen LogP contribution in [0.4, 0.5) is 5.69 Å². The van der Waals surface area contributed by atoms with Gasteiger partial charge < -0.3 is 5.11 Å². The Morgan fingerprint density at radius 2 is 1.46 bits per heavy atom. The number of hydrogen-bond donors (Lipinski definition) is 1. The van der Waals surface area contributed by atoms with Crippen molar-refractivity contribution in [2.24, 2.45) is 4.99 Å². The lowest BCUT2D eigenvalue weighted by molar-refractivity contribution is 0.475. The molecule has 4 heteroatoms. The molecule has 24 heavy (non-hydrogen) atoms. The summed E-state index contributed by atoms with van der Waals surface area (Å²) in [6, 6.07) is 15.2. The van der Waals surface area contributed by atoms with Crippen LogP contribution in [0.25, 0.3) is 21.8 Å². The predicted octanol–water partition coefficient (Wildman–Crippen LogP) is 4.17. The molecule has 0 spiro atoms. The van der Waals surface area contributed by atoms with Crippen LogP contribution in [0.1, 0.15) is 11.1 Å². The number of phenolic OH excluding ortho intramolecular Hbond substituents is 1. The van der Waals surface area contributed by atoms with Gasteiger partial charge in [-0.2, -0.15) is 0 Å². The minimum atomic E-state index is 0.263. The minimum absolute atomic E-state index is 0.263. The topological polar surface area (TPSA) is 58.4 Å². The largest absolute Gasteiger partial charge is 0.508 e. The second-order valence-electron chi connectivity index (χ2n) is 5.91. The van der Waals surface area contributed by atoms with E-state index in [1.165, 1.54) is 5.56 Å². The van der Waals surface area contributed by atoms with Gasteiger partial charge in [0.2, 0.25) is 0 Å². The summed E-state index contributed by atoms with van der Waals surface area (Å²) in [4.78, 5) is 14.0. The van der Waals surface area contributed by atoms with E-state index < -0.39 is 0 Å². The lowest BCUT2D eigenvalue weighted by Gasteiger charge is -2.08. The van der Waals surface area contributed by atoms with E-state index in [9.17, 15) is 5.11 Å². The second-order valence-corrected chi connectivity index (χ2v) is 5.91. The van der Waals surface area contributed by atoms with Gasteiger partial charge >= 0.3 is 0 Å². The van der Waals surface area contributed by atoms with Crippen molar-refractivity contribution in [1.29, 1.82) is 0 Å². The number of hydrogen-bond acceptors (Lipinski definition) is 4. The highest BCUT2D eigenvalue weighted by Gasteiger charge is 2.22. The van der Waals surface area contributed by atoms with Gasteiger partial charge in [0.15, 0.2) is 0 Å². The maximum absolute atomic E-state index is 9.50. The summed E-state index contributed by atoms with van der Waals surface area (Å²) in [6.45, 7) is 0. The molecule has 0 saturated carbocycles. The number of pyridine rings is 2. The van der Waals surface area contributed by atoms with Crippen molar-refractivity contribution in [1.82, 2.24) is 9.97 Å². The first kappa shape index (κ1) is 13.2. The highest BCUT2D eigenvalue weighted by molar-refractivity contribution is 6.18. The molecule has 2 aromatic heterocycles. The second kappa shape index (κ2) is 4.86. The van der Waals surface area contributed by atoms with Gasteiger partial charge in [-0.05, 0) is 53.6 Å². The van der Waals surface area contributed by atoms with Crippen LogP contribution in [0, 0.1) is 0 Å². The number of aromatic hydroxyl groups is 1. The molecule has 0 unspecified atom stereocenters. The molecule has 1 N–H and O–H groups in total. The molecule has 114 valence electrons. The first-order chi connectivity index (χ1) is 11.8. The first-order valence-electron chi connectivity index (χ1n) is 7.82. The Morgan fingerprint density at radius 3 is 2.21 bits per heavy atom. The number of fused-ring (bicyclic) bond motifs is 6. The molecule has 1 aliphatic rings. The van der Waals surface area contributed by atoms with Crippen LogP contribution in [-0.2, 0) is 6.42 Å². The molecule has 0 aliphatic carbocycles. The average molecular weight is 311 g/mol. The summed E-state index contributed by atoms with van der Waals surface area (Å²) in [5.74, 6) is 0.263. The maximum Gasteiger partial charge on any atom is 0.115 e. The van der Waals surface area contributed by atoms with Crippen LogP contribution in [0.15, 0.2) is 65.9 Å². The molecule has 2 aromatic carbocycles. The number of aliphatic imine (C=N–C) groups is 1. The van der Waals surface area contributed by atoms with E-state index in [0.29, 0.717) is 0 Å². The fourth-order valence-electron chi connectivity index (χ4n) is 3.38. The van der Waals surface area contributed by atoms with Crippen molar-refractivity contribution in [2.75, 3.05) is 0 Å². The first-order valence-corrected chi connectivity index (χ1v) is 7.82. The summed E-state index contributed by atoms with van der Waals surface area (Å²) < 4.78 is 0. The standard InChI is InChI=1S/C20H13N3O/c24-13-7-5-12(6-8-13)17-11-16-14-3-1-9-21-19(14)20-15(18(16)23-17)4-2-10-22-20/h1-10,24H,11H2. The van der Waals surface area contributed by atoms with Crippen LogP contribution in [0.2, 0.25) is 0 Å². The van der Waals surface area contributed by atoms with E-state index >= 15 is 0 Å². The van der Waals surface area contributed by atoms with Crippen molar-refractivity contribution in [3.63, 3.8) is 0 Å². The van der Waals surface area contributed by atoms with Crippen molar-refractivity contribution in [3.8, 4) is 5.75 Å². The van der Waals surface area contributed by atoms with Gasteiger partial charge in [-0.3, -0.25) is 15.0 Å². The van der Waals surface area contributed by atoms with E-state index in [4.69, 9.17) is 4.99 Å². The number of rotatable bonds is 1. The lowest BCUT2D eigenvalue weighted by atomic mass is 9.98. The molecule has 0 bridgehead atoms. The summed E-state index contributed by atoms with van der Waals surface area (Å²) in [5, 5.41) is 11.6. The summed E-state index contributed by atoms with van der Waals surface area (Å²) in [7, 11) is 0. The Hall–Kier alpha value is -3.27. The molecule has 0 amide bonds. The highest BCUT2D eigenvalue weighted by atomic mass is 16.3.